The molecule has 26 heavy (non-hydrogen) atoms. The predicted octanol–water partition coefficient (Wildman–Crippen LogP) is 3.47. The first kappa shape index (κ1) is 16.2. The number of rotatable bonds is 5. The molecule has 4 aromatic heterocycles. The Morgan fingerprint density at radius 1 is 1.04 bits per heavy atom. The minimum atomic E-state index is -0.187. The molecule has 0 aliphatic carbocycles. The van der Waals surface area contributed by atoms with Crippen LogP contribution < -0.4 is 5.32 Å². The Morgan fingerprint density at radius 3 is 2.62 bits per heavy atom. The summed E-state index contributed by atoms with van der Waals surface area (Å²) in [6.45, 7) is 6.19. The highest BCUT2D eigenvalue weighted by Gasteiger charge is 2.17. The van der Waals surface area contributed by atoms with Crippen LogP contribution in [0.1, 0.15) is 44.3 Å². The zero-order valence-electron chi connectivity index (χ0n) is 14.8. The quantitative estimate of drug-likeness (QED) is 0.589. The van der Waals surface area contributed by atoms with Crippen molar-refractivity contribution in [1.29, 1.82) is 0 Å². The number of nitrogens with zero attached hydrogens (tertiary/aromatic N) is 6. The maximum Gasteiger partial charge on any atom is 0.249 e. The van der Waals surface area contributed by atoms with Crippen molar-refractivity contribution in [2.75, 3.05) is 5.32 Å². The van der Waals surface area contributed by atoms with E-state index in [0.717, 1.165) is 22.7 Å². The van der Waals surface area contributed by atoms with Gasteiger partial charge in [-0.15, -0.1) is 0 Å². The largest absolute Gasteiger partial charge is 0.358 e. The van der Waals surface area contributed by atoms with Crippen molar-refractivity contribution in [1.82, 2.24) is 29.7 Å². The smallest absolute Gasteiger partial charge is 0.249 e. The molecule has 0 bridgehead atoms. The van der Waals surface area contributed by atoms with E-state index in [4.69, 9.17) is 4.52 Å². The third kappa shape index (κ3) is 3.01. The van der Waals surface area contributed by atoms with Gasteiger partial charge in [0.15, 0.2) is 5.65 Å². The van der Waals surface area contributed by atoms with Gasteiger partial charge in [-0.05, 0) is 25.0 Å². The fraction of sp³-hybridized carbons (Fsp3) is 0.278. The van der Waals surface area contributed by atoms with Crippen LogP contribution in [0.4, 0.5) is 5.82 Å². The zero-order valence-corrected chi connectivity index (χ0v) is 14.8. The van der Waals surface area contributed by atoms with Crippen molar-refractivity contribution in [3.05, 3.63) is 54.4 Å². The normalized spacial score (nSPS) is 12.6. The van der Waals surface area contributed by atoms with Crippen LogP contribution in [0.25, 0.3) is 17.0 Å². The molecule has 0 radical (unpaired) electrons. The summed E-state index contributed by atoms with van der Waals surface area (Å²) in [6, 6.07) is 7.39. The SMILES string of the molecule is CC(C)c1cc(N[C@@H](C)c2nc(-c3ccncc3)no2)n2nccc2n1. The van der Waals surface area contributed by atoms with E-state index >= 15 is 0 Å². The summed E-state index contributed by atoms with van der Waals surface area (Å²) in [5.41, 5.74) is 2.66. The highest BCUT2D eigenvalue weighted by Crippen LogP contribution is 2.24. The Labute approximate surface area is 150 Å². The van der Waals surface area contributed by atoms with E-state index in [1.165, 1.54) is 0 Å². The number of hydrogen-bond acceptors (Lipinski definition) is 7. The second kappa shape index (κ2) is 6.55. The van der Waals surface area contributed by atoms with Gasteiger partial charge in [0.2, 0.25) is 11.7 Å². The molecule has 0 aliphatic rings. The molecule has 1 atom stereocenters. The van der Waals surface area contributed by atoms with Crippen molar-refractivity contribution < 1.29 is 4.52 Å². The molecule has 0 fully saturated rings. The molecule has 8 heteroatoms. The predicted molar refractivity (Wildman–Crippen MR) is 96.6 cm³/mol. The second-order valence-corrected chi connectivity index (χ2v) is 6.38. The fourth-order valence-corrected chi connectivity index (χ4v) is 2.64. The Balaban J connectivity index is 1.63. The molecule has 0 saturated heterocycles. The van der Waals surface area contributed by atoms with Gasteiger partial charge >= 0.3 is 0 Å². The van der Waals surface area contributed by atoms with E-state index in [1.54, 1.807) is 23.1 Å². The van der Waals surface area contributed by atoms with Crippen LogP contribution in [0.5, 0.6) is 0 Å². The van der Waals surface area contributed by atoms with Crippen LogP contribution in [-0.4, -0.2) is 29.7 Å². The summed E-state index contributed by atoms with van der Waals surface area (Å²) in [5.74, 6) is 2.19. The van der Waals surface area contributed by atoms with Gasteiger partial charge < -0.3 is 9.84 Å². The van der Waals surface area contributed by atoms with Gasteiger partial charge in [0.25, 0.3) is 0 Å². The molecular formula is C18H19N7O. The molecule has 4 rings (SSSR count). The average Bonchev–Trinajstić information content (AvgIpc) is 3.32. The average molecular weight is 349 g/mol. The molecule has 0 saturated carbocycles. The summed E-state index contributed by atoms with van der Waals surface area (Å²) in [5, 5.41) is 11.8. The van der Waals surface area contributed by atoms with Crippen molar-refractivity contribution in [2.24, 2.45) is 0 Å². The van der Waals surface area contributed by atoms with Crippen molar-refractivity contribution in [2.45, 2.75) is 32.7 Å². The third-order valence-electron chi connectivity index (χ3n) is 4.09. The van der Waals surface area contributed by atoms with E-state index in [9.17, 15) is 0 Å². The first-order valence-corrected chi connectivity index (χ1v) is 8.47. The van der Waals surface area contributed by atoms with Gasteiger partial charge in [0, 0.05) is 35.8 Å². The van der Waals surface area contributed by atoms with Crippen LogP contribution in [0, 0.1) is 0 Å². The Bertz CT molecular complexity index is 1020. The van der Waals surface area contributed by atoms with Gasteiger partial charge in [-0.2, -0.15) is 14.6 Å². The second-order valence-electron chi connectivity index (χ2n) is 6.38. The monoisotopic (exact) mass is 349 g/mol. The molecular weight excluding hydrogens is 330 g/mol. The van der Waals surface area contributed by atoms with Crippen molar-refractivity contribution in [3.8, 4) is 11.4 Å². The maximum absolute atomic E-state index is 5.43. The zero-order chi connectivity index (χ0) is 18.1. The summed E-state index contributed by atoms with van der Waals surface area (Å²) in [7, 11) is 0. The minimum absolute atomic E-state index is 0.187. The molecule has 0 unspecified atom stereocenters. The van der Waals surface area contributed by atoms with Gasteiger partial charge in [-0.25, -0.2) is 4.98 Å². The first-order valence-electron chi connectivity index (χ1n) is 8.47. The molecule has 1 N–H and O–H groups in total. The number of nitrogens with one attached hydrogen (secondary N) is 1. The molecule has 4 heterocycles. The first-order chi connectivity index (χ1) is 12.6. The van der Waals surface area contributed by atoms with Gasteiger partial charge in [-0.1, -0.05) is 19.0 Å². The van der Waals surface area contributed by atoms with Crippen LogP contribution in [0.3, 0.4) is 0 Å². The lowest BCUT2D eigenvalue weighted by molar-refractivity contribution is 0.367. The lowest BCUT2D eigenvalue weighted by Gasteiger charge is -2.14. The lowest BCUT2D eigenvalue weighted by Crippen LogP contribution is -2.12. The third-order valence-corrected chi connectivity index (χ3v) is 4.09. The number of anilines is 1. The fourth-order valence-electron chi connectivity index (χ4n) is 2.64. The molecule has 4 aromatic rings. The number of hydrogen-bond donors (Lipinski definition) is 1. The topological polar surface area (TPSA) is 94.0 Å². The Morgan fingerprint density at radius 2 is 1.85 bits per heavy atom. The van der Waals surface area contributed by atoms with Gasteiger partial charge in [0.05, 0.1) is 6.20 Å². The number of fused-ring (bicyclic) bond motifs is 1. The van der Waals surface area contributed by atoms with E-state index in [0.29, 0.717) is 17.6 Å². The number of pyridine rings is 1. The highest BCUT2D eigenvalue weighted by atomic mass is 16.5. The van der Waals surface area contributed by atoms with Crippen LogP contribution in [0.2, 0.25) is 0 Å². The molecule has 132 valence electrons. The van der Waals surface area contributed by atoms with E-state index < -0.39 is 0 Å². The standard InChI is InChI=1S/C18H19N7O/c1-11(2)14-10-16(25-15(22-14)6-9-20-25)21-12(3)18-23-17(24-26-18)13-4-7-19-8-5-13/h4-12,21H,1-3H3/t12-/m0/s1. The Kier molecular flexibility index (Phi) is 4.08. The van der Waals surface area contributed by atoms with Crippen LogP contribution in [0.15, 0.2) is 47.4 Å². The molecule has 0 amide bonds. The van der Waals surface area contributed by atoms with Gasteiger partial charge in [0.1, 0.15) is 11.9 Å². The van der Waals surface area contributed by atoms with Crippen molar-refractivity contribution in [3.63, 3.8) is 0 Å². The summed E-state index contributed by atoms with van der Waals surface area (Å²) in [4.78, 5) is 13.1. The van der Waals surface area contributed by atoms with E-state index in [2.05, 4.69) is 44.4 Å². The Hall–Kier alpha value is -3.29. The molecule has 0 aromatic carbocycles. The number of aromatic nitrogens is 6. The molecule has 0 aliphatic heterocycles. The summed E-state index contributed by atoms with van der Waals surface area (Å²) >= 11 is 0. The summed E-state index contributed by atoms with van der Waals surface area (Å²) in [6.07, 6.45) is 5.13. The van der Waals surface area contributed by atoms with Crippen molar-refractivity contribution >= 4 is 11.5 Å². The van der Waals surface area contributed by atoms with Crippen LogP contribution >= 0.6 is 0 Å². The molecule has 0 spiro atoms. The summed E-state index contributed by atoms with van der Waals surface area (Å²) < 4.78 is 7.20. The van der Waals surface area contributed by atoms with E-state index in [-0.39, 0.29) is 6.04 Å². The molecule has 8 nitrogen and oxygen atoms in total. The van der Waals surface area contributed by atoms with E-state index in [1.807, 2.05) is 31.2 Å². The van der Waals surface area contributed by atoms with Gasteiger partial charge in [-0.3, -0.25) is 4.98 Å². The minimum Gasteiger partial charge on any atom is -0.358 e. The lowest BCUT2D eigenvalue weighted by atomic mass is 10.1. The maximum atomic E-state index is 5.43. The van der Waals surface area contributed by atoms with Crippen LogP contribution in [-0.2, 0) is 0 Å². The highest BCUT2D eigenvalue weighted by molar-refractivity contribution is 5.53.